The highest BCUT2D eigenvalue weighted by atomic mass is 35.5. The van der Waals surface area contributed by atoms with Crippen LogP contribution < -0.4 is 5.32 Å². The van der Waals surface area contributed by atoms with E-state index in [1.165, 1.54) is 0 Å². The van der Waals surface area contributed by atoms with Crippen molar-refractivity contribution in [2.45, 2.75) is 78.6 Å². The predicted molar refractivity (Wildman–Crippen MR) is 156 cm³/mol. The van der Waals surface area contributed by atoms with Gasteiger partial charge in [0.15, 0.2) is 5.82 Å². The SMILES string of the molecule is CCCC[C@H](c1ccc(C(=O)NCc2nn[nH]n2)cc1)N1C(=O)C(c2cccc(Cl)c2)=NC1C(C)CC(C)CC. The summed E-state index contributed by atoms with van der Waals surface area (Å²) in [6, 6.07) is 14.7. The van der Waals surface area contributed by atoms with Crippen molar-refractivity contribution < 1.29 is 9.59 Å². The number of rotatable bonds is 13. The quantitative estimate of drug-likeness (QED) is 0.275. The number of halogens is 1. The van der Waals surface area contributed by atoms with Crippen LogP contribution in [-0.4, -0.2) is 49.2 Å². The third-order valence-corrected chi connectivity index (χ3v) is 7.82. The standard InChI is InChI=1S/C30H38ClN7O2/c1-5-7-11-25(21-12-14-22(15-13-21)29(39)32-18-26-34-36-37-35-26)38-28(20(4)16-19(3)6-2)33-27(30(38)40)23-9-8-10-24(31)17-23/h8-10,12-15,17,19-20,25,28H,5-7,11,16,18H2,1-4H3,(H,32,39)(H,34,35,36,37)/t19?,20?,25-,28?/m1/s1. The van der Waals surface area contributed by atoms with Gasteiger partial charge in [-0.15, -0.1) is 10.2 Å². The van der Waals surface area contributed by atoms with E-state index in [0.717, 1.165) is 43.2 Å². The van der Waals surface area contributed by atoms with Gasteiger partial charge in [-0.1, -0.05) is 88.0 Å². The van der Waals surface area contributed by atoms with Crippen molar-refractivity contribution in [2.75, 3.05) is 0 Å². The molecule has 2 N–H and O–H groups in total. The molecule has 0 spiro atoms. The number of nitrogens with one attached hydrogen (secondary N) is 2. The third-order valence-electron chi connectivity index (χ3n) is 7.58. The van der Waals surface area contributed by atoms with Crippen molar-refractivity contribution in [1.82, 2.24) is 30.8 Å². The minimum Gasteiger partial charge on any atom is -0.345 e. The highest BCUT2D eigenvalue weighted by Crippen LogP contribution is 2.37. The summed E-state index contributed by atoms with van der Waals surface area (Å²) in [5.41, 5.74) is 2.71. The first-order valence-electron chi connectivity index (χ1n) is 14.1. The lowest BCUT2D eigenvalue weighted by Crippen LogP contribution is -2.42. The molecule has 1 aliphatic rings. The van der Waals surface area contributed by atoms with Gasteiger partial charge in [0, 0.05) is 16.1 Å². The Labute approximate surface area is 240 Å². The van der Waals surface area contributed by atoms with Gasteiger partial charge < -0.3 is 10.2 Å². The van der Waals surface area contributed by atoms with Crippen LogP contribution in [0.1, 0.15) is 93.2 Å². The van der Waals surface area contributed by atoms with Crippen molar-refractivity contribution in [2.24, 2.45) is 16.8 Å². The van der Waals surface area contributed by atoms with Crippen LogP contribution in [-0.2, 0) is 11.3 Å². The Morgan fingerprint density at radius 2 is 1.93 bits per heavy atom. The summed E-state index contributed by atoms with van der Waals surface area (Å²) in [5.74, 6) is 0.799. The van der Waals surface area contributed by atoms with Crippen molar-refractivity contribution in [3.63, 3.8) is 0 Å². The van der Waals surface area contributed by atoms with Gasteiger partial charge in [-0.2, -0.15) is 5.21 Å². The molecule has 0 saturated heterocycles. The molecular weight excluding hydrogens is 526 g/mol. The van der Waals surface area contributed by atoms with E-state index in [2.05, 4.69) is 53.6 Å². The fraction of sp³-hybridized carbons (Fsp3) is 0.467. The number of aliphatic imine (C=N–C) groups is 1. The number of aromatic nitrogens is 4. The predicted octanol–water partition coefficient (Wildman–Crippen LogP) is 5.74. The van der Waals surface area contributed by atoms with Gasteiger partial charge in [-0.25, -0.2) is 0 Å². The van der Waals surface area contributed by atoms with Gasteiger partial charge >= 0.3 is 0 Å². The Hall–Kier alpha value is -3.59. The summed E-state index contributed by atoms with van der Waals surface area (Å²) in [4.78, 5) is 33.8. The van der Waals surface area contributed by atoms with Crippen LogP contribution in [0.25, 0.3) is 0 Å². The number of hydrogen-bond acceptors (Lipinski definition) is 6. The minimum absolute atomic E-state index is 0.0775. The van der Waals surface area contributed by atoms with E-state index in [-0.39, 0.29) is 36.5 Å². The first kappa shape index (κ1) is 29.4. The normalized spacial score (nSPS) is 17.4. The van der Waals surface area contributed by atoms with Gasteiger partial charge in [-0.3, -0.25) is 14.6 Å². The maximum Gasteiger partial charge on any atom is 0.274 e. The molecule has 3 aromatic rings. The lowest BCUT2D eigenvalue weighted by molar-refractivity contribution is -0.128. The smallest absolute Gasteiger partial charge is 0.274 e. The average Bonchev–Trinajstić information content (AvgIpc) is 3.60. The second kappa shape index (κ2) is 13.7. The monoisotopic (exact) mass is 563 g/mol. The fourth-order valence-electron chi connectivity index (χ4n) is 5.22. The van der Waals surface area contributed by atoms with Gasteiger partial charge in [0.2, 0.25) is 0 Å². The molecule has 9 nitrogen and oxygen atoms in total. The lowest BCUT2D eigenvalue weighted by atomic mass is 9.91. The fourth-order valence-corrected chi connectivity index (χ4v) is 5.41. The second-order valence-electron chi connectivity index (χ2n) is 10.6. The molecule has 4 atom stereocenters. The number of nitrogens with zero attached hydrogens (tertiary/aromatic N) is 5. The molecular formula is C30H38ClN7O2. The van der Waals surface area contributed by atoms with Crippen molar-refractivity contribution in [1.29, 1.82) is 0 Å². The summed E-state index contributed by atoms with van der Waals surface area (Å²) in [6.45, 7) is 8.96. The molecule has 2 amide bonds. The Kier molecular flexibility index (Phi) is 10.0. The number of hydrogen-bond donors (Lipinski definition) is 2. The second-order valence-corrected chi connectivity index (χ2v) is 11.1. The molecule has 2 aromatic carbocycles. The first-order valence-corrected chi connectivity index (χ1v) is 14.5. The zero-order chi connectivity index (χ0) is 28.6. The number of carbonyl (C=O) groups is 2. The Balaban J connectivity index is 1.63. The number of unbranched alkanes of at least 4 members (excludes halogenated alkanes) is 1. The van der Waals surface area contributed by atoms with E-state index in [1.54, 1.807) is 24.3 Å². The maximum absolute atomic E-state index is 14.1. The zero-order valence-corrected chi connectivity index (χ0v) is 24.4. The number of benzene rings is 2. The molecule has 2 heterocycles. The van der Waals surface area contributed by atoms with Crippen LogP contribution in [0.15, 0.2) is 53.5 Å². The molecule has 4 rings (SSSR count). The highest BCUT2D eigenvalue weighted by Gasteiger charge is 2.42. The Morgan fingerprint density at radius 1 is 1.15 bits per heavy atom. The van der Waals surface area contributed by atoms with E-state index in [9.17, 15) is 9.59 Å². The molecule has 0 radical (unpaired) electrons. The molecule has 0 fully saturated rings. The molecule has 212 valence electrons. The zero-order valence-electron chi connectivity index (χ0n) is 23.6. The Morgan fingerprint density at radius 3 is 2.58 bits per heavy atom. The van der Waals surface area contributed by atoms with Crippen LogP contribution in [0.3, 0.4) is 0 Å². The molecule has 0 bridgehead atoms. The van der Waals surface area contributed by atoms with Crippen LogP contribution in [0.2, 0.25) is 5.02 Å². The van der Waals surface area contributed by atoms with Crippen molar-refractivity contribution in [3.05, 3.63) is 76.1 Å². The minimum atomic E-state index is -0.282. The Bertz CT molecular complexity index is 1310. The molecule has 1 aliphatic heterocycles. The lowest BCUT2D eigenvalue weighted by Gasteiger charge is -2.36. The first-order chi connectivity index (χ1) is 19.3. The van der Waals surface area contributed by atoms with Crippen molar-refractivity contribution in [3.8, 4) is 0 Å². The van der Waals surface area contributed by atoms with Gasteiger partial charge in [0.1, 0.15) is 11.9 Å². The number of carbonyl (C=O) groups excluding carboxylic acids is 2. The number of amides is 2. The summed E-state index contributed by atoms with van der Waals surface area (Å²) < 4.78 is 0. The van der Waals surface area contributed by atoms with Crippen LogP contribution in [0, 0.1) is 11.8 Å². The number of H-pyrrole nitrogens is 1. The average molecular weight is 564 g/mol. The van der Waals surface area contributed by atoms with Crippen LogP contribution in [0.4, 0.5) is 0 Å². The highest BCUT2D eigenvalue weighted by molar-refractivity contribution is 6.47. The van der Waals surface area contributed by atoms with Crippen molar-refractivity contribution >= 4 is 29.1 Å². The van der Waals surface area contributed by atoms with E-state index in [0.29, 0.717) is 28.0 Å². The molecule has 10 heteroatoms. The van der Waals surface area contributed by atoms with E-state index < -0.39 is 0 Å². The summed E-state index contributed by atoms with van der Waals surface area (Å²) in [5, 5.41) is 17.0. The maximum atomic E-state index is 14.1. The topological polar surface area (TPSA) is 116 Å². The van der Waals surface area contributed by atoms with Gasteiger partial charge in [0.05, 0.1) is 12.6 Å². The molecule has 3 unspecified atom stereocenters. The molecule has 40 heavy (non-hydrogen) atoms. The number of aromatic amines is 1. The van der Waals surface area contributed by atoms with E-state index in [4.69, 9.17) is 16.6 Å². The van der Waals surface area contributed by atoms with E-state index in [1.807, 2.05) is 29.2 Å². The third kappa shape index (κ3) is 6.94. The van der Waals surface area contributed by atoms with Crippen LogP contribution >= 0.6 is 11.6 Å². The molecule has 1 aromatic heterocycles. The summed E-state index contributed by atoms with van der Waals surface area (Å²) >= 11 is 6.29. The van der Waals surface area contributed by atoms with E-state index >= 15 is 0 Å². The van der Waals surface area contributed by atoms with Crippen LogP contribution in [0.5, 0.6) is 0 Å². The molecule has 0 aliphatic carbocycles. The molecule has 0 saturated carbocycles. The van der Waals surface area contributed by atoms with Gasteiger partial charge in [-0.05, 0) is 54.5 Å². The number of tetrazole rings is 1. The summed E-state index contributed by atoms with van der Waals surface area (Å²) in [7, 11) is 0. The van der Waals surface area contributed by atoms with Gasteiger partial charge in [0.25, 0.3) is 11.8 Å². The summed E-state index contributed by atoms with van der Waals surface area (Å²) in [6.07, 6.45) is 4.53. The largest absolute Gasteiger partial charge is 0.345 e.